The Labute approximate surface area is 109 Å². The summed E-state index contributed by atoms with van der Waals surface area (Å²) in [5, 5.41) is 0.522. The maximum absolute atomic E-state index is 11.8. The van der Waals surface area contributed by atoms with Gasteiger partial charge in [-0.05, 0) is 31.0 Å². The zero-order valence-electron chi connectivity index (χ0n) is 9.08. The first-order chi connectivity index (χ1) is 8.15. The molecule has 1 aliphatic heterocycles. The van der Waals surface area contributed by atoms with Crippen LogP contribution >= 0.6 is 23.2 Å². The van der Waals surface area contributed by atoms with E-state index in [2.05, 4.69) is 0 Å². The number of hydrogen-bond donors (Lipinski definition) is 0. The Balaban J connectivity index is 2.26. The van der Waals surface area contributed by atoms with Gasteiger partial charge < -0.3 is 4.90 Å². The molecule has 1 aromatic carbocycles. The van der Waals surface area contributed by atoms with Crippen molar-refractivity contribution in [2.75, 3.05) is 17.3 Å². The van der Waals surface area contributed by atoms with Gasteiger partial charge in [0.1, 0.15) is 0 Å². The van der Waals surface area contributed by atoms with Gasteiger partial charge >= 0.3 is 0 Å². The second-order valence-electron chi connectivity index (χ2n) is 3.84. The van der Waals surface area contributed by atoms with E-state index in [1.54, 1.807) is 18.2 Å². The molecule has 0 saturated heterocycles. The molecule has 5 heteroatoms. The summed E-state index contributed by atoms with van der Waals surface area (Å²) in [5.41, 5.74) is 1.05. The molecule has 0 fully saturated rings. The van der Waals surface area contributed by atoms with Gasteiger partial charge in [-0.2, -0.15) is 0 Å². The molecule has 90 valence electrons. The third-order valence-electron chi connectivity index (χ3n) is 2.70. The predicted molar refractivity (Wildman–Crippen MR) is 68.1 cm³/mol. The summed E-state index contributed by atoms with van der Waals surface area (Å²) >= 11 is 11.5. The number of halogens is 2. The molecule has 0 radical (unpaired) electrons. The second-order valence-corrected chi connectivity index (χ2v) is 4.66. The monoisotopic (exact) mass is 271 g/mol. The Kier molecular flexibility index (Phi) is 3.69. The van der Waals surface area contributed by atoms with E-state index in [0.29, 0.717) is 28.7 Å². The van der Waals surface area contributed by atoms with Crippen molar-refractivity contribution in [2.24, 2.45) is 0 Å². The second kappa shape index (κ2) is 5.07. The van der Waals surface area contributed by atoms with E-state index in [1.807, 2.05) is 0 Å². The van der Waals surface area contributed by atoms with Gasteiger partial charge in [0.15, 0.2) is 0 Å². The van der Waals surface area contributed by atoms with Crippen molar-refractivity contribution in [3.63, 3.8) is 0 Å². The van der Waals surface area contributed by atoms with Crippen molar-refractivity contribution < 1.29 is 9.59 Å². The van der Waals surface area contributed by atoms with Crippen molar-refractivity contribution in [3.05, 3.63) is 28.8 Å². The van der Waals surface area contributed by atoms with Gasteiger partial charge in [-0.15, -0.1) is 11.6 Å². The molecule has 0 unspecified atom stereocenters. The summed E-state index contributed by atoms with van der Waals surface area (Å²) < 4.78 is 0. The van der Waals surface area contributed by atoms with Crippen LogP contribution in [0, 0.1) is 0 Å². The number of anilines is 1. The number of alkyl halides is 1. The Bertz CT molecular complexity index is 474. The van der Waals surface area contributed by atoms with Crippen LogP contribution in [0.3, 0.4) is 0 Å². The van der Waals surface area contributed by atoms with Crippen LogP contribution in [0.5, 0.6) is 0 Å². The van der Waals surface area contributed by atoms with E-state index in [9.17, 15) is 9.59 Å². The molecule has 1 heterocycles. The molecule has 17 heavy (non-hydrogen) atoms. The van der Waals surface area contributed by atoms with Crippen LogP contribution in [0.2, 0.25) is 5.02 Å². The summed E-state index contributed by atoms with van der Waals surface area (Å²) in [6, 6.07) is 4.87. The fourth-order valence-electron chi connectivity index (χ4n) is 1.85. The number of ketones is 1. The third kappa shape index (κ3) is 2.31. The van der Waals surface area contributed by atoms with Crippen molar-refractivity contribution >= 4 is 40.6 Å². The summed E-state index contributed by atoms with van der Waals surface area (Å²) in [6.07, 6.45) is 1.59. The Morgan fingerprint density at radius 1 is 1.18 bits per heavy atom. The van der Waals surface area contributed by atoms with Crippen LogP contribution in [0.15, 0.2) is 18.2 Å². The molecule has 1 amide bonds. The van der Waals surface area contributed by atoms with Crippen LogP contribution in [-0.2, 0) is 4.79 Å². The van der Waals surface area contributed by atoms with Gasteiger partial charge in [0, 0.05) is 17.4 Å². The molecule has 0 saturated carbocycles. The van der Waals surface area contributed by atoms with Gasteiger partial charge in [0.25, 0.3) is 11.7 Å². The van der Waals surface area contributed by atoms with Crippen LogP contribution in [-0.4, -0.2) is 24.1 Å². The standard InChI is InChI=1S/C12H11Cl2NO2/c13-5-1-2-6-15-10-7-8(14)3-4-9(10)11(16)12(15)17/h3-4,7H,1-2,5-6H2. The highest BCUT2D eigenvalue weighted by atomic mass is 35.5. The summed E-state index contributed by atoms with van der Waals surface area (Å²) in [7, 11) is 0. The molecule has 0 N–H and O–H groups in total. The number of carbonyl (C=O) groups is 2. The zero-order chi connectivity index (χ0) is 12.4. The molecule has 1 aliphatic rings. The first-order valence-electron chi connectivity index (χ1n) is 5.37. The number of carbonyl (C=O) groups excluding carboxylic acids is 2. The van der Waals surface area contributed by atoms with E-state index in [1.165, 1.54) is 4.90 Å². The average molecular weight is 272 g/mol. The van der Waals surface area contributed by atoms with E-state index in [0.717, 1.165) is 12.8 Å². The van der Waals surface area contributed by atoms with Gasteiger partial charge in [-0.25, -0.2) is 0 Å². The molecule has 0 bridgehead atoms. The first kappa shape index (κ1) is 12.4. The number of nitrogens with zero attached hydrogens (tertiary/aromatic N) is 1. The lowest BCUT2D eigenvalue weighted by Gasteiger charge is -2.16. The predicted octanol–water partition coefficient (Wildman–Crippen LogP) is 2.89. The number of benzene rings is 1. The van der Waals surface area contributed by atoms with Gasteiger partial charge in [0.05, 0.1) is 11.3 Å². The summed E-state index contributed by atoms with van der Waals surface area (Å²) in [6.45, 7) is 0.505. The van der Waals surface area contributed by atoms with Crippen molar-refractivity contribution in [3.8, 4) is 0 Å². The third-order valence-corrected chi connectivity index (χ3v) is 3.20. The Hall–Kier alpha value is -1.06. The maximum atomic E-state index is 11.8. The Morgan fingerprint density at radius 3 is 2.65 bits per heavy atom. The minimum absolute atomic E-state index is 0.435. The molecule has 0 aromatic heterocycles. The smallest absolute Gasteiger partial charge is 0.299 e. The average Bonchev–Trinajstić information content (AvgIpc) is 2.54. The number of hydrogen-bond acceptors (Lipinski definition) is 2. The Morgan fingerprint density at radius 2 is 1.94 bits per heavy atom. The minimum atomic E-state index is -0.475. The van der Waals surface area contributed by atoms with Crippen molar-refractivity contribution in [1.82, 2.24) is 0 Å². The highest BCUT2D eigenvalue weighted by Crippen LogP contribution is 2.31. The van der Waals surface area contributed by atoms with Crippen molar-refractivity contribution in [2.45, 2.75) is 12.8 Å². The van der Waals surface area contributed by atoms with Crippen LogP contribution in [0.1, 0.15) is 23.2 Å². The molecule has 2 rings (SSSR count). The van der Waals surface area contributed by atoms with Crippen molar-refractivity contribution in [1.29, 1.82) is 0 Å². The number of rotatable bonds is 4. The minimum Gasteiger partial charge on any atom is -0.305 e. The largest absolute Gasteiger partial charge is 0.305 e. The highest BCUT2D eigenvalue weighted by Gasteiger charge is 2.35. The summed E-state index contributed by atoms with van der Waals surface area (Å²) in [4.78, 5) is 24.9. The molecular weight excluding hydrogens is 261 g/mol. The summed E-state index contributed by atoms with van der Waals surface area (Å²) in [5.74, 6) is -0.377. The molecule has 0 spiro atoms. The number of unbranched alkanes of at least 4 members (excludes halogenated alkanes) is 1. The normalized spacial score (nSPS) is 14.4. The fourth-order valence-corrected chi connectivity index (χ4v) is 2.21. The number of amides is 1. The molecule has 1 aromatic rings. The number of fused-ring (bicyclic) bond motifs is 1. The van der Waals surface area contributed by atoms with Crippen LogP contribution < -0.4 is 4.90 Å². The maximum Gasteiger partial charge on any atom is 0.299 e. The van der Waals surface area contributed by atoms with Crippen LogP contribution in [0.4, 0.5) is 5.69 Å². The zero-order valence-corrected chi connectivity index (χ0v) is 10.6. The highest BCUT2D eigenvalue weighted by molar-refractivity contribution is 6.52. The quantitative estimate of drug-likeness (QED) is 0.480. The molecule has 3 nitrogen and oxygen atoms in total. The van der Waals surface area contributed by atoms with Crippen LogP contribution in [0.25, 0.3) is 0 Å². The first-order valence-corrected chi connectivity index (χ1v) is 6.28. The fraction of sp³-hybridized carbons (Fsp3) is 0.333. The molecular formula is C12H11Cl2NO2. The SMILES string of the molecule is O=C1C(=O)N(CCCCCl)c2cc(Cl)ccc21. The topological polar surface area (TPSA) is 37.4 Å². The van der Waals surface area contributed by atoms with Gasteiger partial charge in [-0.1, -0.05) is 11.6 Å². The van der Waals surface area contributed by atoms with E-state index < -0.39 is 11.7 Å². The lowest BCUT2D eigenvalue weighted by atomic mass is 10.1. The lowest BCUT2D eigenvalue weighted by molar-refractivity contribution is -0.114. The van der Waals surface area contributed by atoms with Gasteiger partial charge in [-0.3, -0.25) is 9.59 Å². The molecule has 0 aliphatic carbocycles. The van der Waals surface area contributed by atoms with Gasteiger partial charge in [0.2, 0.25) is 0 Å². The van der Waals surface area contributed by atoms with E-state index >= 15 is 0 Å². The van der Waals surface area contributed by atoms with E-state index in [-0.39, 0.29) is 0 Å². The number of Topliss-reactive ketones (excluding diaryl/α,β-unsaturated/α-hetero) is 1. The van der Waals surface area contributed by atoms with E-state index in [4.69, 9.17) is 23.2 Å². The lowest BCUT2D eigenvalue weighted by Crippen LogP contribution is -2.30. The molecule has 0 atom stereocenters.